The molecule has 0 aromatic carbocycles. The number of carboxylic acid groups (broad SMARTS) is 1. The molecule has 20 heavy (non-hydrogen) atoms. The van der Waals surface area contributed by atoms with Gasteiger partial charge in [-0.05, 0) is 25.3 Å². The number of rotatable bonds is 4. The maximum Gasteiger partial charge on any atom is 0.308 e. The van der Waals surface area contributed by atoms with Gasteiger partial charge in [-0.3, -0.25) is 9.59 Å². The highest BCUT2D eigenvalue weighted by Crippen LogP contribution is 2.17. The molecule has 0 bridgehead atoms. The molecule has 1 fully saturated rings. The van der Waals surface area contributed by atoms with E-state index in [9.17, 15) is 9.59 Å². The molecule has 5 heteroatoms. The molecule has 2 rings (SSSR count). The second kappa shape index (κ2) is 6.50. The molecule has 5 nitrogen and oxygen atoms in total. The van der Waals surface area contributed by atoms with Crippen LogP contribution in [0.2, 0.25) is 0 Å². The lowest BCUT2D eigenvalue weighted by atomic mass is 9.98. The number of hydrogen-bond acceptors (Lipinski definition) is 2. The van der Waals surface area contributed by atoms with Crippen LogP contribution in [-0.4, -0.2) is 35.0 Å². The Hall–Kier alpha value is -1.91. The van der Waals surface area contributed by atoms with Crippen LogP contribution in [-0.2, 0) is 16.1 Å². The first-order chi connectivity index (χ1) is 9.56. The molecule has 0 spiro atoms. The van der Waals surface area contributed by atoms with Crippen LogP contribution in [0.25, 0.3) is 0 Å². The minimum atomic E-state index is -0.796. The third-order valence-electron chi connectivity index (χ3n) is 3.77. The van der Waals surface area contributed by atoms with Crippen molar-refractivity contribution in [2.75, 3.05) is 13.1 Å². The normalized spacial score (nSPS) is 18.9. The standard InChI is InChI=1S/C15H20N2O3/c1-12-4-8-16(9-5-12)10-6-14(18)17-7-2-3-13(11-17)15(19)20/h4-5,8-9,13H,2-3,6-7,10-11H2,1H3/p+1. The Morgan fingerprint density at radius 1 is 1.40 bits per heavy atom. The maximum absolute atomic E-state index is 12.1. The zero-order valence-electron chi connectivity index (χ0n) is 11.8. The van der Waals surface area contributed by atoms with Gasteiger partial charge in [-0.15, -0.1) is 0 Å². The van der Waals surface area contributed by atoms with Gasteiger partial charge in [-0.2, -0.15) is 0 Å². The SMILES string of the molecule is Cc1cc[n+](CCC(=O)N2CCCC(C(=O)O)C2)cc1. The minimum absolute atomic E-state index is 0.0454. The Morgan fingerprint density at radius 2 is 2.10 bits per heavy atom. The number of amides is 1. The van der Waals surface area contributed by atoms with Gasteiger partial charge in [0.1, 0.15) is 0 Å². The second-order valence-electron chi connectivity index (χ2n) is 5.38. The van der Waals surface area contributed by atoms with E-state index < -0.39 is 11.9 Å². The highest BCUT2D eigenvalue weighted by Gasteiger charge is 2.28. The molecule has 0 saturated carbocycles. The van der Waals surface area contributed by atoms with Crippen LogP contribution in [0.15, 0.2) is 24.5 Å². The largest absolute Gasteiger partial charge is 0.481 e. The van der Waals surface area contributed by atoms with Gasteiger partial charge < -0.3 is 10.0 Å². The molecule has 2 heterocycles. The van der Waals surface area contributed by atoms with E-state index in [1.165, 1.54) is 5.56 Å². The molecular weight excluding hydrogens is 256 g/mol. The van der Waals surface area contributed by atoms with Crippen LogP contribution >= 0.6 is 0 Å². The molecule has 1 aliphatic heterocycles. The Labute approximate surface area is 118 Å². The van der Waals surface area contributed by atoms with Crippen LogP contribution in [0, 0.1) is 12.8 Å². The van der Waals surface area contributed by atoms with E-state index in [-0.39, 0.29) is 5.91 Å². The average Bonchev–Trinajstić information content (AvgIpc) is 2.46. The van der Waals surface area contributed by atoms with E-state index in [1.807, 2.05) is 36.0 Å². The van der Waals surface area contributed by atoms with E-state index in [4.69, 9.17) is 5.11 Å². The van der Waals surface area contributed by atoms with Crippen molar-refractivity contribution in [3.8, 4) is 0 Å². The number of pyridine rings is 1. The summed E-state index contributed by atoms with van der Waals surface area (Å²) in [5.41, 5.74) is 1.19. The predicted molar refractivity (Wildman–Crippen MR) is 72.9 cm³/mol. The van der Waals surface area contributed by atoms with Crippen LogP contribution in [0.4, 0.5) is 0 Å². The zero-order chi connectivity index (χ0) is 14.5. The Kier molecular flexibility index (Phi) is 4.71. The molecule has 108 valence electrons. The first kappa shape index (κ1) is 14.5. The highest BCUT2D eigenvalue weighted by molar-refractivity contribution is 5.77. The third-order valence-corrected chi connectivity index (χ3v) is 3.77. The fourth-order valence-electron chi connectivity index (χ4n) is 2.47. The summed E-state index contributed by atoms with van der Waals surface area (Å²) in [5.74, 6) is -1.15. The molecule has 1 unspecified atom stereocenters. The smallest absolute Gasteiger partial charge is 0.308 e. The number of aliphatic carboxylic acids is 1. The molecule has 0 aliphatic carbocycles. The summed E-state index contributed by atoms with van der Waals surface area (Å²) in [6.45, 7) is 3.69. The lowest BCUT2D eigenvalue weighted by Gasteiger charge is -2.30. The number of carboxylic acids is 1. The molecule has 1 amide bonds. The Bertz CT molecular complexity index is 484. The van der Waals surface area contributed by atoms with Gasteiger partial charge in [-0.1, -0.05) is 0 Å². The Morgan fingerprint density at radius 3 is 2.75 bits per heavy atom. The van der Waals surface area contributed by atoms with Crippen molar-refractivity contribution in [1.82, 2.24) is 4.90 Å². The molecule has 1 saturated heterocycles. The van der Waals surface area contributed by atoms with E-state index in [1.54, 1.807) is 4.90 Å². The van der Waals surface area contributed by atoms with Crippen molar-refractivity contribution < 1.29 is 19.3 Å². The van der Waals surface area contributed by atoms with Gasteiger partial charge in [0.25, 0.3) is 0 Å². The van der Waals surface area contributed by atoms with Gasteiger partial charge in [0, 0.05) is 25.2 Å². The summed E-state index contributed by atoms with van der Waals surface area (Å²) in [4.78, 5) is 24.8. The monoisotopic (exact) mass is 277 g/mol. The van der Waals surface area contributed by atoms with Crippen molar-refractivity contribution in [2.45, 2.75) is 32.7 Å². The number of piperidine rings is 1. The summed E-state index contributed by atoms with van der Waals surface area (Å²) in [6.07, 6.45) is 5.78. The van der Waals surface area contributed by atoms with Crippen molar-refractivity contribution in [3.05, 3.63) is 30.1 Å². The Balaban J connectivity index is 1.85. The number of hydrogen-bond donors (Lipinski definition) is 1. The average molecular weight is 277 g/mol. The lowest BCUT2D eigenvalue weighted by molar-refractivity contribution is -0.696. The van der Waals surface area contributed by atoms with E-state index in [2.05, 4.69) is 0 Å². The van der Waals surface area contributed by atoms with Crippen molar-refractivity contribution >= 4 is 11.9 Å². The van der Waals surface area contributed by atoms with Gasteiger partial charge in [0.15, 0.2) is 18.9 Å². The fourth-order valence-corrected chi connectivity index (χ4v) is 2.47. The maximum atomic E-state index is 12.1. The van der Waals surface area contributed by atoms with Crippen molar-refractivity contribution in [2.24, 2.45) is 5.92 Å². The van der Waals surface area contributed by atoms with E-state index in [0.717, 1.165) is 6.42 Å². The molecule has 1 aliphatic rings. The van der Waals surface area contributed by atoms with Crippen LogP contribution in [0.1, 0.15) is 24.8 Å². The van der Waals surface area contributed by atoms with Gasteiger partial charge >= 0.3 is 5.97 Å². The molecule has 1 atom stereocenters. The summed E-state index contributed by atoms with van der Waals surface area (Å²) >= 11 is 0. The fraction of sp³-hybridized carbons (Fsp3) is 0.533. The summed E-state index contributed by atoms with van der Waals surface area (Å²) in [6, 6.07) is 4.01. The predicted octanol–water partition coefficient (Wildman–Crippen LogP) is 0.996. The number of carbonyl (C=O) groups excluding carboxylic acids is 1. The molecule has 1 aromatic heterocycles. The quantitative estimate of drug-likeness (QED) is 0.835. The summed E-state index contributed by atoms with van der Waals surface area (Å²) in [7, 11) is 0. The summed E-state index contributed by atoms with van der Waals surface area (Å²) < 4.78 is 1.98. The summed E-state index contributed by atoms with van der Waals surface area (Å²) in [5, 5.41) is 9.03. The first-order valence-corrected chi connectivity index (χ1v) is 7.02. The van der Waals surface area contributed by atoms with Crippen LogP contribution in [0.3, 0.4) is 0 Å². The number of nitrogens with zero attached hydrogens (tertiary/aromatic N) is 2. The molecule has 1 N–H and O–H groups in total. The van der Waals surface area contributed by atoms with Crippen molar-refractivity contribution in [1.29, 1.82) is 0 Å². The molecule has 0 radical (unpaired) electrons. The van der Waals surface area contributed by atoms with Crippen LogP contribution in [0.5, 0.6) is 0 Å². The number of carbonyl (C=O) groups is 2. The molecular formula is C15H21N2O3+. The minimum Gasteiger partial charge on any atom is -0.481 e. The number of aromatic nitrogens is 1. The first-order valence-electron chi connectivity index (χ1n) is 7.02. The lowest BCUT2D eigenvalue weighted by Crippen LogP contribution is -2.44. The topological polar surface area (TPSA) is 61.5 Å². The van der Waals surface area contributed by atoms with Gasteiger partial charge in [0.2, 0.25) is 5.91 Å². The van der Waals surface area contributed by atoms with Crippen LogP contribution < -0.4 is 4.57 Å². The van der Waals surface area contributed by atoms with Gasteiger partial charge in [-0.25, -0.2) is 4.57 Å². The third kappa shape index (κ3) is 3.79. The highest BCUT2D eigenvalue weighted by atomic mass is 16.4. The zero-order valence-corrected chi connectivity index (χ0v) is 11.8. The number of aryl methyl sites for hydroxylation is 2. The molecule has 1 aromatic rings. The van der Waals surface area contributed by atoms with E-state index in [0.29, 0.717) is 32.5 Å². The number of likely N-dealkylation sites (tertiary alicyclic amines) is 1. The second-order valence-corrected chi connectivity index (χ2v) is 5.38. The van der Waals surface area contributed by atoms with E-state index >= 15 is 0 Å². The van der Waals surface area contributed by atoms with Crippen molar-refractivity contribution in [3.63, 3.8) is 0 Å². The van der Waals surface area contributed by atoms with Gasteiger partial charge in [0.05, 0.1) is 12.3 Å².